The maximum absolute atomic E-state index is 12.5. The first kappa shape index (κ1) is 12.7. The monoisotopic (exact) mass is 250 g/mol. The van der Waals surface area contributed by atoms with Crippen LogP contribution in [0, 0.1) is 5.41 Å². The number of hydrogen-bond donors (Lipinski definition) is 0. The highest BCUT2D eigenvalue weighted by atomic mass is 33.1. The van der Waals surface area contributed by atoms with Crippen LogP contribution in [0.1, 0.15) is 34.1 Å². The Bertz CT molecular complexity index is 268. The van der Waals surface area contributed by atoms with Crippen LogP contribution in [0.5, 0.6) is 0 Å². The molecule has 1 heterocycles. The molecule has 0 aliphatic carbocycles. The van der Waals surface area contributed by atoms with Crippen LogP contribution in [-0.2, 0) is 4.57 Å². The van der Waals surface area contributed by atoms with Gasteiger partial charge in [0.25, 0.3) is 0 Å². The van der Waals surface area contributed by atoms with Crippen LogP contribution in [0.15, 0.2) is 11.4 Å². The minimum Gasteiger partial charge on any atom is -0.296 e. The minimum atomic E-state index is -2.08. The summed E-state index contributed by atoms with van der Waals surface area (Å²) in [5, 5.41) is 1.18. The first-order valence-electron chi connectivity index (χ1n) is 4.99. The van der Waals surface area contributed by atoms with Crippen LogP contribution in [-0.4, -0.2) is 11.5 Å². The van der Waals surface area contributed by atoms with Crippen LogP contribution in [0.25, 0.3) is 0 Å². The fraction of sp³-hybridized carbons (Fsp3) is 0.800. The molecule has 1 fully saturated rings. The van der Waals surface area contributed by atoms with Gasteiger partial charge in [-0.1, -0.05) is 56.5 Å². The Hall–Kier alpha value is 0.670. The summed E-state index contributed by atoms with van der Waals surface area (Å²) >= 11 is 3.34. The number of rotatable bonds is 2. The smallest absolute Gasteiger partial charge is 0.215 e. The van der Waals surface area contributed by atoms with Crippen molar-refractivity contribution >= 4 is 28.3 Å². The Morgan fingerprint density at radius 3 is 2.21 bits per heavy atom. The van der Waals surface area contributed by atoms with Gasteiger partial charge in [0, 0.05) is 16.8 Å². The molecule has 0 aromatic rings. The summed E-state index contributed by atoms with van der Waals surface area (Å²) in [6.07, 6.45) is 3.13. The second-order valence-corrected chi connectivity index (χ2v) is 12.7. The average molecular weight is 250 g/mol. The Morgan fingerprint density at radius 1 is 1.36 bits per heavy atom. The van der Waals surface area contributed by atoms with Gasteiger partial charge >= 0.3 is 0 Å². The molecule has 1 saturated heterocycles. The molecule has 1 nitrogen and oxygen atoms in total. The summed E-state index contributed by atoms with van der Waals surface area (Å²) in [4.78, 5) is 0. The standard InChI is InChI=1S/C10H19OPS2/c1-5-9(8-10(2,3)4)12(11)13-6-7-14-12/h8H,5-7H2,1-4H3/b9-8+. The maximum atomic E-state index is 12.5. The molecule has 0 amide bonds. The normalized spacial score (nSPS) is 22.7. The van der Waals surface area contributed by atoms with E-state index in [1.165, 1.54) is 5.31 Å². The van der Waals surface area contributed by atoms with Crippen LogP contribution >= 0.6 is 28.3 Å². The predicted molar refractivity (Wildman–Crippen MR) is 70.4 cm³/mol. The first-order chi connectivity index (χ1) is 6.37. The Balaban J connectivity index is 2.91. The van der Waals surface area contributed by atoms with E-state index in [-0.39, 0.29) is 5.41 Å². The minimum absolute atomic E-state index is 0.145. The molecule has 0 aromatic heterocycles. The van der Waals surface area contributed by atoms with Gasteiger partial charge in [-0.05, 0) is 11.8 Å². The van der Waals surface area contributed by atoms with Crippen LogP contribution < -0.4 is 0 Å². The molecule has 1 aliphatic heterocycles. The largest absolute Gasteiger partial charge is 0.296 e. The molecular formula is C10H19OPS2. The summed E-state index contributed by atoms with van der Waals surface area (Å²) in [6, 6.07) is 0. The van der Waals surface area contributed by atoms with E-state index in [2.05, 4.69) is 33.8 Å². The van der Waals surface area contributed by atoms with Crippen molar-refractivity contribution in [1.29, 1.82) is 0 Å². The average Bonchev–Trinajstić information content (AvgIpc) is 2.47. The zero-order valence-electron chi connectivity index (χ0n) is 9.37. The molecule has 0 bridgehead atoms. The molecule has 1 aliphatic rings. The van der Waals surface area contributed by atoms with E-state index in [9.17, 15) is 4.57 Å². The lowest BCUT2D eigenvalue weighted by Crippen LogP contribution is -2.00. The van der Waals surface area contributed by atoms with Crippen molar-refractivity contribution in [2.24, 2.45) is 5.41 Å². The molecular weight excluding hydrogens is 231 g/mol. The van der Waals surface area contributed by atoms with Crippen LogP contribution in [0.3, 0.4) is 0 Å². The summed E-state index contributed by atoms with van der Waals surface area (Å²) in [5.74, 6) is 2.09. The SMILES string of the molecule is CC/C(=C\C(C)(C)C)P1(=O)SCCS1. The van der Waals surface area contributed by atoms with Gasteiger partial charge in [-0.3, -0.25) is 4.57 Å². The second kappa shape index (κ2) is 4.67. The quantitative estimate of drug-likeness (QED) is 0.642. The fourth-order valence-corrected chi connectivity index (χ4v) is 10.9. The lowest BCUT2D eigenvalue weighted by Gasteiger charge is -2.19. The molecule has 0 atom stereocenters. The van der Waals surface area contributed by atoms with Crippen molar-refractivity contribution < 1.29 is 4.57 Å². The van der Waals surface area contributed by atoms with E-state index in [1.54, 1.807) is 22.8 Å². The van der Waals surface area contributed by atoms with Gasteiger partial charge in [-0.25, -0.2) is 0 Å². The molecule has 0 aromatic carbocycles. The predicted octanol–water partition coefficient (Wildman–Crippen LogP) is 5.00. The van der Waals surface area contributed by atoms with Crippen LogP contribution in [0.4, 0.5) is 0 Å². The second-order valence-electron chi connectivity index (χ2n) is 4.52. The lowest BCUT2D eigenvalue weighted by atomic mass is 9.96. The molecule has 4 heteroatoms. The molecule has 1 rings (SSSR count). The molecule has 0 unspecified atom stereocenters. The first-order valence-corrected chi connectivity index (χ1v) is 9.87. The molecule has 0 radical (unpaired) electrons. The topological polar surface area (TPSA) is 17.1 Å². The Morgan fingerprint density at radius 2 is 1.86 bits per heavy atom. The summed E-state index contributed by atoms with van der Waals surface area (Å²) in [7, 11) is 0. The van der Waals surface area contributed by atoms with Crippen molar-refractivity contribution in [3.8, 4) is 0 Å². The zero-order chi connectivity index (χ0) is 10.8. The van der Waals surface area contributed by atoms with Crippen LogP contribution in [0.2, 0.25) is 0 Å². The van der Waals surface area contributed by atoms with E-state index in [0.717, 1.165) is 17.9 Å². The molecule has 82 valence electrons. The molecule has 0 N–H and O–H groups in total. The third-order valence-electron chi connectivity index (χ3n) is 1.92. The Labute approximate surface area is 95.4 Å². The van der Waals surface area contributed by atoms with E-state index in [1.807, 2.05) is 0 Å². The molecule has 0 spiro atoms. The molecule has 0 saturated carbocycles. The van der Waals surface area contributed by atoms with Gasteiger partial charge in [-0.2, -0.15) is 0 Å². The van der Waals surface area contributed by atoms with E-state index in [4.69, 9.17) is 0 Å². The zero-order valence-corrected chi connectivity index (χ0v) is 11.9. The van der Waals surface area contributed by atoms with E-state index >= 15 is 0 Å². The van der Waals surface area contributed by atoms with Gasteiger partial charge in [0.15, 0.2) is 0 Å². The molecule has 14 heavy (non-hydrogen) atoms. The van der Waals surface area contributed by atoms with E-state index in [0.29, 0.717) is 0 Å². The van der Waals surface area contributed by atoms with Crippen molar-refractivity contribution in [1.82, 2.24) is 0 Å². The maximum Gasteiger partial charge on any atom is 0.215 e. The highest BCUT2D eigenvalue weighted by Crippen LogP contribution is 2.78. The van der Waals surface area contributed by atoms with Crippen molar-refractivity contribution in [2.75, 3.05) is 11.5 Å². The van der Waals surface area contributed by atoms with Crippen molar-refractivity contribution in [3.63, 3.8) is 0 Å². The highest BCUT2D eigenvalue weighted by Gasteiger charge is 2.33. The third kappa shape index (κ3) is 3.36. The van der Waals surface area contributed by atoms with Gasteiger partial charge in [-0.15, -0.1) is 0 Å². The highest BCUT2D eigenvalue weighted by molar-refractivity contribution is 8.93. The third-order valence-corrected chi connectivity index (χ3v) is 11.2. The van der Waals surface area contributed by atoms with E-state index < -0.39 is 5.55 Å². The van der Waals surface area contributed by atoms with Gasteiger partial charge in [0.1, 0.15) is 0 Å². The fourth-order valence-electron chi connectivity index (χ4n) is 1.39. The number of hydrogen-bond acceptors (Lipinski definition) is 3. The van der Waals surface area contributed by atoms with Gasteiger partial charge < -0.3 is 0 Å². The van der Waals surface area contributed by atoms with Gasteiger partial charge in [0.05, 0.1) is 0 Å². The summed E-state index contributed by atoms with van der Waals surface area (Å²) in [5.41, 5.74) is -1.94. The number of allylic oxidation sites excluding steroid dienone is 2. The summed E-state index contributed by atoms with van der Waals surface area (Å²) in [6.45, 7) is 8.61. The lowest BCUT2D eigenvalue weighted by molar-refractivity contribution is 0.539. The Kier molecular flexibility index (Phi) is 4.25. The van der Waals surface area contributed by atoms with Crippen molar-refractivity contribution in [3.05, 3.63) is 11.4 Å². The summed E-state index contributed by atoms with van der Waals surface area (Å²) < 4.78 is 12.5. The van der Waals surface area contributed by atoms with Crippen molar-refractivity contribution in [2.45, 2.75) is 34.1 Å². The van der Waals surface area contributed by atoms with Gasteiger partial charge in [0.2, 0.25) is 5.55 Å².